The molecule has 1 atom stereocenters. The molecule has 0 saturated heterocycles. The van der Waals surface area contributed by atoms with Gasteiger partial charge in [0.2, 0.25) is 0 Å². The molecule has 1 heterocycles. The summed E-state index contributed by atoms with van der Waals surface area (Å²) in [6.45, 7) is 1.91. The smallest absolute Gasteiger partial charge is 0.306 e. The number of para-hydroxylation sites is 1. The first-order chi connectivity index (χ1) is 12.5. The molecule has 3 rings (SSSR count). The molecule has 1 aromatic heterocycles. The van der Waals surface area contributed by atoms with Crippen LogP contribution in [0.15, 0.2) is 65.5 Å². The predicted molar refractivity (Wildman–Crippen MR) is 101 cm³/mol. The summed E-state index contributed by atoms with van der Waals surface area (Å²) in [4.78, 5) is 25.3. The van der Waals surface area contributed by atoms with Crippen LogP contribution in [0.5, 0.6) is 0 Å². The van der Waals surface area contributed by atoms with Gasteiger partial charge in [-0.3, -0.25) is 14.3 Å². The van der Waals surface area contributed by atoms with Crippen LogP contribution in [-0.4, -0.2) is 22.4 Å². The number of esters is 1. The first kappa shape index (κ1) is 17.7. The van der Waals surface area contributed by atoms with Crippen LogP contribution in [0.1, 0.15) is 29.2 Å². The SMILES string of the molecule is COC(=O)C[C@H](c1ccccc1)c1c(C)n(C)n(-c2ccccc2)c1=O. The van der Waals surface area contributed by atoms with Crippen LogP contribution < -0.4 is 5.56 Å². The van der Waals surface area contributed by atoms with Crippen LogP contribution in [0.3, 0.4) is 0 Å². The number of methoxy groups -OCH3 is 1. The number of hydrogen-bond donors (Lipinski definition) is 0. The van der Waals surface area contributed by atoms with Gasteiger partial charge in [-0.1, -0.05) is 48.5 Å². The highest BCUT2D eigenvalue weighted by molar-refractivity contribution is 5.71. The van der Waals surface area contributed by atoms with E-state index in [1.54, 1.807) is 4.68 Å². The second-order valence-electron chi connectivity index (χ2n) is 6.22. The van der Waals surface area contributed by atoms with E-state index >= 15 is 0 Å². The fourth-order valence-corrected chi connectivity index (χ4v) is 3.31. The lowest BCUT2D eigenvalue weighted by Crippen LogP contribution is -2.23. The maximum atomic E-state index is 13.3. The van der Waals surface area contributed by atoms with Crippen LogP contribution in [0.2, 0.25) is 0 Å². The van der Waals surface area contributed by atoms with Crippen molar-refractivity contribution in [3.8, 4) is 5.69 Å². The second-order valence-corrected chi connectivity index (χ2v) is 6.22. The Morgan fingerprint density at radius 1 is 1.04 bits per heavy atom. The number of carbonyl (C=O) groups excluding carboxylic acids is 1. The van der Waals surface area contributed by atoms with Crippen molar-refractivity contribution in [1.82, 2.24) is 9.36 Å². The fraction of sp³-hybridized carbons (Fsp3) is 0.238. The average Bonchev–Trinajstić information content (AvgIpc) is 2.90. The topological polar surface area (TPSA) is 53.2 Å². The van der Waals surface area contributed by atoms with Gasteiger partial charge in [0.25, 0.3) is 5.56 Å². The van der Waals surface area contributed by atoms with Gasteiger partial charge in [-0.15, -0.1) is 0 Å². The average molecular weight is 350 g/mol. The standard InChI is InChI=1S/C21H22N2O3/c1-15-20(18(14-19(24)26-3)16-10-6-4-7-11-16)21(25)23(22(15)2)17-12-8-5-9-13-17/h4-13,18H,14H2,1-3H3/t18-/m1/s1. The van der Waals surface area contributed by atoms with Crippen LogP contribution in [0, 0.1) is 6.92 Å². The molecule has 5 nitrogen and oxygen atoms in total. The fourth-order valence-electron chi connectivity index (χ4n) is 3.31. The number of aromatic nitrogens is 2. The summed E-state index contributed by atoms with van der Waals surface area (Å²) in [5.74, 6) is -0.694. The monoisotopic (exact) mass is 350 g/mol. The van der Waals surface area contributed by atoms with E-state index in [0.717, 1.165) is 16.9 Å². The largest absolute Gasteiger partial charge is 0.469 e. The van der Waals surface area contributed by atoms with Crippen LogP contribution >= 0.6 is 0 Å². The molecule has 0 aliphatic rings. The minimum Gasteiger partial charge on any atom is -0.469 e. The van der Waals surface area contributed by atoms with Crippen molar-refractivity contribution >= 4 is 5.97 Å². The summed E-state index contributed by atoms with van der Waals surface area (Å²) in [6.07, 6.45) is 0.120. The predicted octanol–water partition coefficient (Wildman–Crippen LogP) is 3.18. The highest BCUT2D eigenvalue weighted by atomic mass is 16.5. The van der Waals surface area contributed by atoms with Gasteiger partial charge in [0, 0.05) is 24.2 Å². The van der Waals surface area contributed by atoms with Crippen molar-refractivity contribution in [3.05, 3.63) is 87.8 Å². The normalized spacial score (nSPS) is 12.0. The van der Waals surface area contributed by atoms with E-state index in [-0.39, 0.29) is 23.9 Å². The highest BCUT2D eigenvalue weighted by Crippen LogP contribution is 2.29. The molecule has 0 spiro atoms. The summed E-state index contributed by atoms with van der Waals surface area (Å²) < 4.78 is 8.34. The zero-order chi connectivity index (χ0) is 18.7. The second kappa shape index (κ2) is 7.44. The number of benzene rings is 2. The Morgan fingerprint density at radius 3 is 2.19 bits per heavy atom. The zero-order valence-corrected chi connectivity index (χ0v) is 15.2. The molecule has 134 valence electrons. The number of ether oxygens (including phenoxy) is 1. The van der Waals surface area contributed by atoms with Gasteiger partial charge in [0.15, 0.2) is 0 Å². The van der Waals surface area contributed by atoms with E-state index < -0.39 is 0 Å². The minimum atomic E-state index is -0.354. The Morgan fingerprint density at radius 2 is 1.62 bits per heavy atom. The molecule has 5 heteroatoms. The molecule has 0 aliphatic carbocycles. The van der Waals surface area contributed by atoms with Crippen LogP contribution in [-0.2, 0) is 16.6 Å². The molecule has 0 radical (unpaired) electrons. The first-order valence-electron chi connectivity index (χ1n) is 8.50. The molecule has 0 amide bonds. The van der Waals surface area contributed by atoms with E-state index in [1.807, 2.05) is 79.3 Å². The third kappa shape index (κ3) is 3.20. The highest BCUT2D eigenvalue weighted by Gasteiger charge is 2.27. The van der Waals surface area contributed by atoms with Crippen molar-refractivity contribution in [3.63, 3.8) is 0 Å². The van der Waals surface area contributed by atoms with Gasteiger partial charge in [0.1, 0.15) is 0 Å². The maximum absolute atomic E-state index is 13.3. The van der Waals surface area contributed by atoms with Gasteiger partial charge in [-0.2, -0.15) is 0 Å². The van der Waals surface area contributed by atoms with Crippen molar-refractivity contribution < 1.29 is 9.53 Å². The molecular formula is C21H22N2O3. The van der Waals surface area contributed by atoms with Crippen LogP contribution in [0.4, 0.5) is 0 Å². The lowest BCUT2D eigenvalue weighted by atomic mass is 9.88. The molecule has 3 aromatic rings. The molecule has 0 saturated carbocycles. The van der Waals surface area contributed by atoms with Gasteiger partial charge >= 0.3 is 5.97 Å². The zero-order valence-electron chi connectivity index (χ0n) is 15.2. The van der Waals surface area contributed by atoms with Gasteiger partial charge < -0.3 is 4.74 Å². The molecule has 2 aromatic carbocycles. The van der Waals surface area contributed by atoms with E-state index in [9.17, 15) is 9.59 Å². The Bertz CT molecular complexity index is 956. The summed E-state index contributed by atoms with van der Waals surface area (Å²) in [5, 5.41) is 0. The van der Waals surface area contributed by atoms with E-state index in [4.69, 9.17) is 4.74 Å². The van der Waals surface area contributed by atoms with Crippen molar-refractivity contribution in [2.24, 2.45) is 7.05 Å². The van der Waals surface area contributed by atoms with Crippen molar-refractivity contribution in [1.29, 1.82) is 0 Å². The lowest BCUT2D eigenvalue weighted by molar-refractivity contribution is -0.140. The molecular weight excluding hydrogens is 328 g/mol. The Labute approximate surface area is 152 Å². The Balaban J connectivity index is 2.19. The minimum absolute atomic E-state index is 0.117. The number of carbonyl (C=O) groups is 1. The van der Waals surface area contributed by atoms with Crippen molar-refractivity contribution in [2.45, 2.75) is 19.3 Å². The summed E-state index contributed by atoms with van der Waals surface area (Å²) in [7, 11) is 3.22. The number of hydrogen-bond acceptors (Lipinski definition) is 3. The van der Waals surface area contributed by atoms with E-state index in [1.165, 1.54) is 7.11 Å². The molecule has 0 unspecified atom stereocenters. The quantitative estimate of drug-likeness (QED) is 0.664. The summed E-state index contributed by atoms with van der Waals surface area (Å²) >= 11 is 0. The number of rotatable bonds is 5. The van der Waals surface area contributed by atoms with Gasteiger partial charge in [-0.05, 0) is 24.6 Å². The molecule has 0 aliphatic heterocycles. The van der Waals surface area contributed by atoms with Gasteiger partial charge in [0.05, 0.1) is 19.2 Å². The Kier molecular flexibility index (Phi) is 5.07. The van der Waals surface area contributed by atoms with Crippen LogP contribution in [0.25, 0.3) is 5.69 Å². The van der Waals surface area contributed by atoms with E-state index in [0.29, 0.717) is 5.56 Å². The number of nitrogens with zero attached hydrogens (tertiary/aromatic N) is 2. The Hall–Kier alpha value is -3.08. The third-order valence-corrected chi connectivity index (χ3v) is 4.75. The van der Waals surface area contributed by atoms with E-state index in [2.05, 4.69) is 0 Å². The molecule has 0 bridgehead atoms. The summed E-state index contributed by atoms with van der Waals surface area (Å²) in [6, 6.07) is 19.1. The maximum Gasteiger partial charge on any atom is 0.306 e. The molecule has 0 fully saturated rings. The lowest BCUT2D eigenvalue weighted by Gasteiger charge is -2.15. The van der Waals surface area contributed by atoms with Crippen molar-refractivity contribution in [2.75, 3.05) is 7.11 Å². The molecule has 26 heavy (non-hydrogen) atoms. The third-order valence-electron chi connectivity index (χ3n) is 4.75. The first-order valence-corrected chi connectivity index (χ1v) is 8.50. The van der Waals surface area contributed by atoms with Gasteiger partial charge in [-0.25, -0.2) is 4.68 Å². The summed E-state index contributed by atoms with van der Waals surface area (Å²) in [5.41, 5.74) is 3.04. The molecule has 0 N–H and O–H groups in total.